The Kier molecular flexibility index (Phi) is 5.80. The molecule has 5 nitrogen and oxygen atoms in total. The number of hydrogen-bond donors (Lipinski definition) is 0. The standard InChI is InChI=1S/C21H21FN2O3S/c1-15(25)24-10-8-17(9-11-24)14-28(26,27)19-6-7-20(21(22)12-19)18-4-2-16(13-23)3-5-18/h2-7,12,17H,8-11,14H2,1H3. The molecule has 146 valence electrons. The van der Waals surface area contributed by atoms with Crippen LogP contribution in [0.3, 0.4) is 0 Å². The predicted octanol–water partition coefficient (Wildman–Crippen LogP) is 3.40. The largest absolute Gasteiger partial charge is 0.343 e. The molecule has 28 heavy (non-hydrogen) atoms. The molecule has 0 N–H and O–H groups in total. The molecule has 1 amide bonds. The summed E-state index contributed by atoms with van der Waals surface area (Å²) in [5.74, 6) is -0.699. The van der Waals surface area contributed by atoms with E-state index in [0.717, 1.165) is 6.07 Å². The Morgan fingerprint density at radius 3 is 2.36 bits per heavy atom. The van der Waals surface area contributed by atoms with Crippen molar-refractivity contribution in [1.82, 2.24) is 4.90 Å². The Hall–Kier alpha value is -2.72. The van der Waals surface area contributed by atoms with Gasteiger partial charge in [-0.3, -0.25) is 4.79 Å². The van der Waals surface area contributed by atoms with Crippen molar-refractivity contribution >= 4 is 15.7 Å². The summed E-state index contributed by atoms with van der Waals surface area (Å²) in [4.78, 5) is 13.1. The molecule has 3 rings (SSSR count). The highest BCUT2D eigenvalue weighted by Crippen LogP contribution is 2.28. The fourth-order valence-corrected chi connectivity index (χ4v) is 5.17. The fourth-order valence-electron chi connectivity index (χ4n) is 3.47. The SMILES string of the molecule is CC(=O)N1CCC(CS(=O)(=O)c2ccc(-c3ccc(C#N)cc3)c(F)c2)CC1. The van der Waals surface area contributed by atoms with Gasteiger partial charge in [0.25, 0.3) is 0 Å². The zero-order chi connectivity index (χ0) is 20.3. The number of benzene rings is 2. The summed E-state index contributed by atoms with van der Waals surface area (Å²) in [5, 5.41) is 8.85. The second-order valence-electron chi connectivity index (χ2n) is 7.06. The van der Waals surface area contributed by atoms with Gasteiger partial charge < -0.3 is 4.90 Å². The quantitative estimate of drug-likeness (QED) is 0.788. The lowest BCUT2D eigenvalue weighted by Crippen LogP contribution is -2.38. The average molecular weight is 400 g/mol. The van der Waals surface area contributed by atoms with Crippen LogP contribution in [0.15, 0.2) is 47.4 Å². The molecular weight excluding hydrogens is 379 g/mol. The first-order valence-corrected chi connectivity index (χ1v) is 10.7. The van der Waals surface area contributed by atoms with Crippen LogP contribution in [0.2, 0.25) is 0 Å². The highest BCUT2D eigenvalue weighted by Gasteiger charge is 2.27. The summed E-state index contributed by atoms with van der Waals surface area (Å²) in [6.45, 7) is 2.62. The smallest absolute Gasteiger partial charge is 0.219 e. The van der Waals surface area contributed by atoms with Gasteiger partial charge >= 0.3 is 0 Å². The van der Waals surface area contributed by atoms with Crippen molar-refractivity contribution in [2.45, 2.75) is 24.7 Å². The maximum atomic E-state index is 14.6. The van der Waals surface area contributed by atoms with Gasteiger partial charge in [-0.15, -0.1) is 0 Å². The second kappa shape index (κ2) is 8.11. The van der Waals surface area contributed by atoms with E-state index in [2.05, 4.69) is 0 Å². The lowest BCUT2D eigenvalue weighted by atomic mass is 9.99. The molecule has 1 fully saturated rings. The van der Waals surface area contributed by atoms with Gasteiger partial charge in [0.1, 0.15) is 5.82 Å². The molecule has 0 aliphatic carbocycles. The Labute approximate surface area is 164 Å². The van der Waals surface area contributed by atoms with E-state index in [-0.39, 0.29) is 22.5 Å². The molecule has 2 aromatic carbocycles. The van der Waals surface area contributed by atoms with Gasteiger partial charge in [-0.25, -0.2) is 12.8 Å². The monoisotopic (exact) mass is 400 g/mol. The van der Waals surface area contributed by atoms with Gasteiger partial charge in [0.15, 0.2) is 9.84 Å². The van der Waals surface area contributed by atoms with Gasteiger partial charge in [-0.1, -0.05) is 18.2 Å². The first-order valence-electron chi connectivity index (χ1n) is 9.08. The number of rotatable bonds is 4. The fraction of sp³-hybridized carbons (Fsp3) is 0.333. The van der Waals surface area contributed by atoms with Crippen molar-refractivity contribution in [2.75, 3.05) is 18.8 Å². The third-order valence-corrected chi connectivity index (χ3v) is 7.02. The molecule has 1 aliphatic rings. The number of piperidine rings is 1. The van der Waals surface area contributed by atoms with E-state index in [0.29, 0.717) is 42.6 Å². The van der Waals surface area contributed by atoms with Crippen LogP contribution >= 0.6 is 0 Å². The Morgan fingerprint density at radius 1 is 1.18 bits per heavy atom. The number of carbonyl (C=O) groups excluding carboxylic acids is 1. The first kappa shape index (κ1) is 20.0. The zero-order valence-corrected chi connectivity index (χ0v) is 16.4. The minimum absolute atomic E-state index is 0.00164. The molecule has 0 saturated carbocycles. The number of amides is 1. The summed E-state index contributed by atoms with van der Waals surface area (Å²) in [6, 6.07) is 12.4. The van der Waals surface area contributed by atoms with Gasteiger partial charge in [-0.05, 0) is 48.6 Å². The molecule has 2 aromatic rings. The summed E-state index contributed by atoms with van der Waals surface area (Å²) in [6.07, 6.45) is 1.26. The Balaban J connectivity index is 1.75. The van der Waals surface area contributed by atoms with Crippen LogP contribution in [-0.4, -0.2) is 38.1 Å². The van der Waals surface area contributed by atoms with Gasteiger partial charge in [0.05, 0.1) is 22.3 Å². The van der Waals surface area contributed by atoms with Crippen molar-refractivity contribution in [1.29, 1.82) is 5.26 Å². The number of likely N-dealkylation sites (tertiary alicyclic amines) is 1. The Bertz CT molecular complexity index is 1020. The topological polar surface area (TPSA) is 78.2 Å². The van der Waals surface area contributed by atoms with Crippen LogP contribution in [0.4, 0.5) is 4.39 Å². The molecule has 0 bridgehead atoms. The molecule has 0 atom stereocenters. The van der Waals surface area contributed by atoms with E-state index >= 15 is 0 Å². The number of nitriles is 1. The maximum absolute atomic E-state index is 14.6. The number of halogens is 1. The summed E-state index contributed by atoms with van der Waals surface area (Å²) < 4.78 is 40.0. The Morgan fingerprint density at radius 2 is 1.82 bits per heavy atom. The van der Waals surface area contributed by atoms with Gasteiger partial charge in [0, 0.05) is 25.6 Å². The summed E-state index contributed by atoms with van der Waals surface area (Å²) in [7, 11) is -3.62. The minimum Gasteiger partial charge on any atom is -0.343 e. The third kappa shape index (κ3) is 4.39. The van der Waals surface area contributed by atoms with Crippen molar-refractivity contribution in [3.63, 3.8) is 0 Å². The maximum Gasteiger partial charge on any atom is 0.219 e. The lowest BCUT2D eigenvalue weighted by molar-refractivity contribution is -0.130. The number of sulfone groups is 1. The molecule has 1 heterocycles. The van der Waals surface area contributed by atoms with Crippen molar-refractivity contribution < 1.29 is 17.6 Å². The molecule has 1 aliphatic heterocycles. The van der Waals surface area contributed by atoms with E-state index < -0.39 is 15.7 Å². The van der Waals surface area contributed by atoms with Crippen LogP contribution in [0, 0.1) is 23.1 Å². The second-order valence-corrected chi connectivity index (χ2v) is 9.10. The van der Waals surface area contributed by atoms with Crippen LogP contribution in [0.25, 0.3) is 11.1 Å². The first-order chi connectivity index (χ1) is 13.3. The molecule has 0 spiro atoms. The molecule has 1 saturated heterocycles. The summed E-state index contributed by atoms with van der Waals surface area (Å²) in [5.41, 5.74) is 1.34. The number of nitrogens with zero attached hydrogens (tertiary/aromatic N) is 2. The minimum atomic E-state index is -3.62. The molecule has 0 radical (unpaired) electrons. The molecule has 0 aromatic heterocycles. The molecule has 7 heteroatoms. The van der Waals surface area contributed by atoms with Crippen LogP contribution in [0.1, 0.15) is 25.3 Å². The van der Waals surface area contributed by atoms with Crippen LogP contribution < -0.4 is 0 Å². The van der Waals surface area contributed by atoms with Crippen LogP contribution in [0.5, 0.6) is 0 Å². The van der Waals surface area contributed by atoms with E-state index in [4.69, 9.17) is 5.26 Å². The normalized spacial score (nSPS) is 15.2. The molecule has 0 unspecified atom stereocenters. The third-order valence-electron chi connectivity index (χ3n) is 5.14. The van der Waals surface area contributed by atoms with Crippen molar-refractivity contribution in [3.05, 3.63) is 53.8 Å². The molecular formula is C21H21FN2O3S. The van der Waals surface area contributed by atoms with E-state index in [1.165, 1.54) is 19.1 Å². The van der Waals surface area contributed by atoms with E-state index in [1.807, 2.05) is 6.07 Å². The van der Waals surface area contributed by atoms with Gasteiger partial charge in [0.2, 0.25) is 5.91 Å². The predicted molar refractivity (Wildman–Crippen MR) is 104 cm³/mol. The number of carbonyl (C=O) groups is 1. The van der Waals surface area contributed by atoms with E-state index in [9.17, 15) is 17.6 Å². The van der Waals surface area contributed by atoms with Crippen molar-refractivity contribution in [2.24, 2.45) is 5.92 Å². The van der Waals surface area contributed by atoms with E-state index in [1.54, 1.807) is 29.2 Å². The number of hydrogen-bond acceptors (Lipinski definition) is 4. The zero-order valence-electron chi connectivity index (χ0n) is 15.6. The highest BCUT2D eigenvalue weighted by atomic mass is 32.2. The highest BCUT2D eigenvalue weighted by molar-refractivity contribution is 7.91. The van der Waals surface area contributed by atoms with Crippen LogP contribution in [-0.2, 0) is 14.6 Å². The van der Waals surface area contributed by atoms with Crippen molar-refractivity contribution in [3.8, 4) is 17.2 Å². The lowest BCUT2D eigenvalue weighted by Gasteiger charge is -2.31. The van der Waals surface area contributed by atoms with Gasteiger partial charge in [-0.2, -0.15) is 5.26 Å². The average Bonchev–Trinajstić information content (AvgIpc) is 2.68. The summed E-state index contributed by atoms with van der Waals surface area (Å²) >= 11 is 0.